The van der Waals surface area contributed by atoms with Crippen LogP contribution in [0.2, 0.25) is 0 Å². The number of nitrogens with one attached hydrogen (secondary N) is 1. The van der Waals surface area contributed by atoms with Crippen LogP contribution in [0.4, 0.5) is 0 Å². The van der Waals surface area contributed by atoms with Crippen LogP contribution >= 0.6 is 15.9 Å². The van der Waals surface area contributed by atoms with Gasteiger partial charge in [-0.25, -0.2) is 0 Å². The Hall–Kier alpha value is -2.14. The minimum absolute atomic E-state index is 0.0483. The highest BCUT2D eigenvalue weighted by Gasteiger charge is 2.26. The van der Waals surface area contributed by atoms with Gasteiger partial charge in [-0.3, -0.25) is 9.59 Å². The van der Waals surface area contributed by atoms with E-state index in [0.29, 0.717) is 13.1 Å². The second-order valence-corrected chi connectivity index (χ2v) is 8.14. The zero-order valence-electron chi connectivity index (χ0n) is 17.1. The molecule has 0 saturated carbocycles. The van der Waals surface area contributed by atoms with Gasteiger partial charge < -0.3 is 10.2 Å². The lowest BCUT2D eigenvalue weighted by molar-refractivity contribution is -0.140. The first kappa shape index (κ1) is 22.2. The molecule has 1 atom stereocenters. The quantitative estimate of drug-likeness (QED) is 0.648. The maximum absolute atomic E-state index is 13.2. The van der Waals surface area contributed by atoms with Crippen LogP contribution in [-0.2, 0) is 22.6 Å². The molecule has 150 valence electrons. The number of benzene rings is 2. The van der Waals surface area contributed by atoms with Crippen molar-refractivity contribution < 1.29 is 9.59 Å². The van der Waals surface area contributed by atoms with Crippen molar-refractivity contribution >= 4 is 27.7 Å². The Balaban J connectivity index is 2.26. The molecule has 0 bridgehead atoms. The Morgan fingerprint density at radius 3 is 2.57 bits per heavy atom. The predicted octanol–water partition coefficient (Wildman–Crippen LogP) is 4.55. The highest BCUT2D eigenvalue weighted by atomic mass is 79.9. The Kier molecular flexibility index (Phi) is 8.24. The number of carbonyl (C=O) groups is 2. The minimum Gasteiger partial charge on any atom is -0.354 e. The standard InChI is InChI=1S/C23H29BrN2O2/c1-5-11-25-23(28)18(4)26(15-19-7-6-8-21(24)13-19)22(27)14-20-12-16(2)9-10-17(20)3/h6-10,12-13,18H,5,11,14-15H2,1-4H3,(H,25,28)/t18-/m0/s1. The maximum Gasteiger partial charge on any atom is 0.242 e. The summed E-state index contributed by atoms with van der Waals surface area (Å²) in [6, 6.07) is 13.4. The summed E-state index contributed by atoms with van der Waals surface area (Å²) in [6.07, 6.45) is 1.15. The first-order chi connectivity index (χ1) is 13.3. The molecule has 2 aromatic carbocycles. The second kappa shape index (κ2) is 10.4. The number of amides is 2. The molecule has 0 aliphatic carbocycles. The fraction of sp³-hybridized carbons (Fsp3) is 0.391. The zero-order valence-corrected chi connectivity index (χ0v) is 18.7. The fourth-order valence-electron chi connectivity index (χ4n) is 3.07. The summed E-state index contributed by atoms with van der Waals surface area (Å²) in [5.74, 6) is -0.168. The van der Waals surface area contributed by atoms with Gasteiger partial charge in [0.1, 0.15) is 6.04 Å². The van der Waals surface area contributed by atoms with Gasteiger partial charge in [-0.2, -0.15) is 0 Å². The van der Waals surface area contributed by atoms with Crippen molar-refractivity contribution in [3.8, 4) is 0 Å². The van der Waals surface area contributed by atoms with Crippen molar-refractivity contribution in [2.45, 2.75) is 53.1 Å². The van der Waals surface area contributed by atoms with Gasteiger partial charge in [0.25, 0.3) is 0 Å². The van der Waals surface area contributed by atoms with Crippen molar-refractivity contribution in [2.75, 3.05) is 6.54 Å². The number of hydrogen-bond donors (Lipinski definition) is 1. The fourth-order valence-corrected chi connectivity index (χ4v) is 3.51. The van der Waals surface area contributed by atoms with Crippen molar-refractivity contribution in [3.63, 3.8) is 0 Å². The molecule has 0 spiro atoms. The molecule has 28 heavy (non-hydrogen) atoms. The van der Waals surface area contributed by atoms with Gasteiger partial charge in [0, 0.05) is 17.6 Å². The third-order valence-corrected chi connectivity index (χ3v) is 5.30. The molecule has 0 radical (unpaired) electrons. The number of halogens is 1. The molecule has 0 aliphatic rings. The first-order valence-electron chi connectivity index (χ1n) is 9.69. The van der Waals surface area contributed by atoms with Gasteiger partial charge >= 0.3 is 0 Å². The Labute approximate surface area is 176 Å². The number of rotatable bonds is 8. The van der Waals surface area contributed by atoms with Crippen LogP contribution in [0.1, 0.15) is 42.5 Å². The van der Waals surface area contributed by atoms with Crippen molar-refractivity contribution in [3.05, 3.63) is 69.2 Å². The molecule has 0 saturated heterocycles. The van der Waals surface area contributed by atoms with E-state index < -0.39 is 6.04 Å². The molecule has 0 fully saturated rings. The normalized spacial score (nSPS) is 11.8. The average Bonchev–Trinajstić information content (AvgIpc) is 2.66. The van der Waals surface area contributed by atoms with E-state index in [1.54, 1.807) is 11.8 Å². The smallest absolute Gasteiger partial charge is 0.242 e. The SMILES string of the molecule is CCCNC(=O)[C@H](C)N(Cc1cccc(Br)c1)C(=O)Cc1cc(C)ccc1C. The van der Waals surface area contributed by atoms with Crippen LogP contribution in [0.3, 0.4) is 0 Å². The topological polar surface area (TPSA) is 49.4 Å². The molecule has 2 rings (SSSR count). The maximum atomic E-state index is 13.2. The third-order valence-electron chi connectivity index (χ3n) is 4.80. The van der Waals surface area contributed by atoms with E-state index in [9.17, 15) is 9.59 Å². The van der Waals surface area contributed by atoms with Crippen LogP contribution < -0.4 is 5.32 Å². The largest absolute Gasteiger partial charge is 0.354 e. The molecular weight excluding hydrogens is 416 g/mol. The number of aryl methyl sites for hydroxylation is 2. The molecule has 0 unspecified atom stereocenters. The Morgan fingerprint density at radius 2 is 1.89 bits per heavy atom. The van der Waals surface area contributed by atoms with E-state index in [4.69, 9.17) is 0 Å². The second-order valence-electron chi connectivity index (χ2n) is 7.23. The lowest BCUT2D eigenvalue weighted by Crippen LogP contribution is -2.48. The third kappa shape index (κ3) is 6.20. The highest BCUT2D eigenvalue weighted by molar-refractivity contribution is 9.10. The first-order valence-corrected chi connectivity index (χ1v) is 10.5. The van der Waals surface area contributed by atoms with Gasteiger partial charge in [0.05, 0.1) is 6.42 Å². The van der Waals surface area contributed by atoms with E-state index >= 15 is 0 Å². The van der Waals surface area contributed by atoms with E-state index in [0.717, 1.165) is 33.1 Å². The summed E-state index contributed by atoms with van der Waals surface area (Å²) in [6.45, 7) is 8.84. The molecule has 0 aromatic heterocycles. The predicted molar refractivity (Wildman–Crippen MR) is 117 cm³/mol. The van der Waals surface area contributed by atoms with Gasteiger partial charge in [0.15, 0.2) is 0 Å². The van der Waals surface area contributed by atoms with Gasteiger partial charge in [-0.05, 0) is 56.0 Å². The van der Waals surface area contributed by atoms with Gasteiger partial charge in [-0.1, -0.05) is 58.7 Å². The van der Waals surface area contributed by atoms with Crippen LogP contribution in [0.5, 0.6) is 0 Å². The lowest BCUT2D eigenvalue weighted by Gasteiger charge is -2.29. The van der Waals surface area contributed by atoms with Crippen molar-refractivity contribution in [1.82, 2.24) is 10.2 Å². The van der Waals surface area contributed by atoms with Gasteiger partial charge in [0.2, 0.25) is 11.8 Å². The molecule has 2 aromatic rings. The molecule has 0 aliphatic heterocycles. The van der Waals surface area contributed by atoms with E-state index in [-0.39, 0.29) is 18.2 Å². The van der Waals surface area contributed by atoms with Crippen molar-refractivity contribution in [1.29, 1.82) is 0 Å². The van der Waals surface area contributed by atoms with Gasteiger partial charge in [-0.15, -0.1) is 0 Å². The summed E-state index contributed by atoms with van der Waals surface area (Å²) >= 11 is 3.48. The number of carbonyl (C=O) groups excluding carboxylic acids is 2. The average molecular weight is 445 g/mol. The molecule has 1 N–H and O–H groups in total. The monoisotopic (exact) mass is 444 g/mol. The van der Waals surface area contributed by atoms with Crippen LogP contribution in [0, 0.1) is 13.8 Å². The van der Waals surface area contributed by atoms with E-state index in [1.165, 1.54) is 0 Å². The minimum atomic E-state index is -0.539. The van der Waals surface area contributed by atoms with Crippen molar-refractivity contribution in [2.24, 2.45) is 0 Å². The molecule has 0 heterocycles. The van der Waals surface area contributed by atoms with Crippen LogP contribution in [-0.4, -0.2) is 29.3 Å². The summed E-state index contributed by atoms with van der Waals surface area (Å²) in [5, 5.41) is 2.91. The lowest BCUT2D eigenvalue weighted by atomic mass is 10.0. The molecule has 5 heteroatoms. The van der Waals surface area contributed by atoms with E-state index in [2.05, 4.69) is 21.2 Å². The highest BCUT2D eigenvalue weighted by Crippen LogP contribution is 2.18. The summed E-state index contributed by atoms with van der Waals surface area (Å²) < 4.78 is 0.954. The van der Waals surface area contributed by atoms with Crippen LogP contribution in [0.25, 0.3) is 0 Å². The molecule has 4 nitrogen and oxygen atoms in total. The van der Waals surface area contributed by atoms with E-state index in [1.807, 2.05) is 63.2 Å². The zero-order chi connectivity index (χ0) is 20.7. The number of hydrogen-bond acceptors (Lipinski definition) is 2. The Bertz CT molecular complexity index is 835. The summed E-state index contributed by atoms with van der Waals surface area (Å²) in [7, 11) is 0. The molecular formula is C23H29BrN2O2. The summed E-state index contributed by atoms with van der Waals surface area (Å²) in [5.41, 5.74) is 4.20. The summed E-state index contributed by atoms with van der Waals surface area (Å²) in [4.78, 5) is 27.5. The van der Waals surface area contributed by atoms with Crippen LogP contribution in [0.15, 0.2) is 46.9 Å². The molecule has 2 amide bonds. The number of nitrogens with zero attached hydrogens (tertiary/aromatic N) is 1. The Morgan fingerprint density at radius 1 is 1.14 bits per heavy atom.